The van der Waals surface area contributed by atoms with Gasteiger partial charge in [0, 0.05) is 11.1 Å². The first kappa shape index (κ1) is 18.2. The predicted molar refractivity (Wildman–Crippen MR) is 114 cm³/mol. The lowest BCUT2D eigenvalue weighted by Gasteiger charge is -2.21. The highest BCUT2D eigenvalue weighted by Gasteiger charge is 2.28. The van der Waals surface area contributed by atoms with Crippen molar-refractivity contribution >= 4 is 11.9 Å². The number of ketones is 1. The summed E-state index contributed by atoms with van der Waals surface area (Å²) in [6.45, 7) is 6.69. The van der Waals surface area contributed by atoms with E-state index in [-0.39, 0.29) is 11.2 Å². The van der Waals surface area contributed by atoms with E-state index in [1.165, 1.54) is 37.7 Å². The molecule has 0 aromatic heterocycles. The first-order valence-electron chi connectivity index (χ1n) is 10.4. The Hall–Kier alpha value is -2.15. The van der Waals surface area contributed by atoms with Crippen LogP contribution in [-0.2, 0) is 5.41 Å². The fraction of sp³-hybridized carbons (Fsp3) is 0.423. The molecule has 2 aliphatic rings. The van der Waals surface area contributed by atoms with Gasteiger partial charge in [-0.3, -0.25) is 4.79 Å². The van der Waals surface area contributed by atoms with Crippen molar-refractivity contribution in [1.29, 1.82) is 0 Å². The minimum atomic E-state index is 0.141. The van der Waals surface area contributed by atoms with Gasteiger partial charge in [-0.1, -0.05) is 95.3 Å². The first-order chi connectivity index (χ1) is 12.9. The molecule has 1 nitrogen and oxygen atoms in total. The summed E-state index contributed by atoms with van der Waals surface area (Å²) in [6.07, 6.45) is 9.67. The molecule has 140 valence electrons. The van der Waals surface area contributed by atoms with Crippen LogP contribution in [0.2, 0.25) is 0 Å². The van der Waals surface area contributed by atoms with Crippen LogP contribution in [0.3, 0.4) is 0 Å². The Balaban J connectivity index is 1.62. The highest BCUT2D eigenvalue weighted by molar-refractivity contribution is 6.21. The molecule has 1 heteroatoms. The van der Waals surface area contributed by atoms with Gasteiger partial charge in [-0.15, -0.1) is 0 Å². The highest BCUT2D eigenvalue weighted by Crippen LogP contribution is 2.38. The van der Waals surface area contributed by atoms with Crippen molar-refractivity contribution in [3.63, 3.8) is 0 Å². The average molecular weight is 359 g/mol. The van der Waals surface area contributed by atoms with Gasteiger partial charge in [0.25, 0.3) is 0 Å². The van der Waals surface area contributed by atoms with E-state index in [0.29, 0.717) is 5.92 Å². The fourth-order valence-corrected chi connectivity index (χ4v) is 4.60. The van der Waals surface area contributed by atoms with Crippen LogP contribution in [0.25, 0.3) is 17.2 Å². The van der Waals surface area contributed by atoms with E-state index in [0.717, 1.165) is 34.2 Å². The van der Waals surface area contributed by atoms with Gasteiger partial charge >= 0.3 is 0 Å². The quantitative estimate of drug-likeness (QED) is 0.567. The van der Waals surface area contributed by atoms with E-state index >= 15 is 0 Å². The molecule has 0 bridgehead atoms. The second-order valence-corrected chi connectivity index (χ2v) is 9.30. The molecule has 0 heterocycles. The summed E-state index contributed by atoms with van der Waals surface area (Å²) in [5, 5.41) is 0. The van der Waals surface area contributed by atoms with Crippen LogP contribution in [-0.4, -0.2) is 5.78 Å². The number of carbonyl (C=O) groups is 1. The normalized spacial score (nSPS) is 17.7. The summed E-state index contributed by atoms with van der Waals surface area (Å²) in [7, 11) is 0. The zero-order valence-corrected chi connectivity index (χ0v) is 16.8. The van der Waals surface area contributed by atoms with Gasteiger partial charge in [0.1, 0.15) is 0 Å². The molecule has 0 spiro atoms. The number of fused-ring (bicyclic) bond motifs is 1. The second kappa shape index (κ2) is 7.11. The average Bonchev–Trinajstić information content (AvgIpc) is 2.98. The number of carbonyl (C=O) groups excluding carboxylic acids is 1. The molecule has 4 rings (SSSR count). The summed E-state index contributed by atoms with van der Waals surface area (Å²) in [5.41, 5.74) is 6.71. The van der Waals surface area contributed by atoms with E-state index in [1.807, 2.05) is 0 Å². The maximum Gasteiger partial charge on any atom is 0.190 e. The maximum absolute atomic E-state index is 13.2. The molecule has 1 fully saturated rings. The Bertz CT molecular complexity index is 871. The summed E-state index contributed by atoms with van der Waals surface area (Å²) < 4.78 is 0. The minimum absolute atomic E-state index is 0.141. The van der Waals surface area contributed by atoms with E-state index in [1.54, 1.807) is 0 Å². The Labute approximate surface area is 163 Å². The molecule has 0 radical (unpaired) electrons. The molecule has 0 saturated heterocycles. The number of rotatable bonds is 3. The fourth-order valence-electron chi connectivity index (χ4n) is 4.60. The number of hydrogen-bond acceptors (Lipinski definition) is 1. The maximum atomic E-state index is 13.2. The Kier molecular flexibility index (Phi) is 4.80. The lowest BCUT2D eigenvalue weighted by atomic mass is 9.83. The van der Waals surface area contributed by atoms with Crippen molar-refractivity contribution in [3.05, 3.63) is 64.7 Å². The summed E-state index contributed by atoms with van der Waals surface area (Å²) >= 11 is 0. The molecule has 0 atom stereocenters. The molecule has 0 N–H and O–H groups in total. The smallest absolute Gasteiger partial charge is 0.190 e. The number of Topliss-reactive ketones (excluding diaryl/α,β-unsaturated/α-hetero) is 1. The van der Waals surface area contributed by atoms with Gasteiger partial charge in [0.2, 0.25) is 0 Å². The van der Waals surface area contributed by atoms with Crippen LogP contribution in [0.15, 0.2) is 48.0 Å². The van der Waals surface area contributed by atoms with Gasteiger partial charge in [-0.05, 0) is 46.1 Å². The number of allylic oxidation sites excluding steroid dienone is 1. The molecule has 2 aromatic rings. The Morgan fingerprint density at radius 3 is 2.30 bits per heavy atom. The zero-order chi connectivity index (χ0) is 19.0. The van der Waals surface area contributed by atoms with E-state index in [2.05, 4.69) is 69.3 Å². The molecule has 27 heavy (non-hydrogen) atoms. The van der Waals surface area contributed by atoms with Crippen LogP contribution in [0.5, 0.6) is 0 Å². The van der Waals surface area contributed by atoms with Crippen molar-refractivity contribution in [3.8, 4) is 11.1 Å². The van der Waals surface area contributed by atoms with E-state index in [4.69, 9.17) is 0 Å². The SMILES string of the molecule is CC(C)(C)c1ccc(-c2cccc3c2C(=O)C(CC2CCCCC2)=C3)cc1. The molecular formula is C26H30O. The molecule has 2 aromatic carbocycles. The van der Waals surface area contributed by atoms with Gasteiger partial charge in [-0.2, -0.15) is 0 Å². The third-order valence-corrected chi connectivity index (χ3v) is 6.24. The van der Waals surface area contributed by atoms with Crippen molar-refractivity contribution in [1.82, 2.24) is 0 Å². The van der Waals surface area contributed by atoms with E-state index in [9.17, 15) is 4.79 Å². The molecule has 0 amide bonds. The first-order valence-corrected chi connectivity index (χ1v) is 10.4. The molecule has 0 unspecified atom stereocenters. The summed E-state index contributed by atoms with van der Waals surface area (Å²) in [6, 6.07) is 15.0. The Morgan fingerprint density at radius 2 is 1.63 bits per heavy atom. The van der Waals surface area contributed by atoms with Crippen molar-refractivity contribution in [2.24, 2.45) is 5.92 Å². The Morgan fingerprint density at radius 1 is 0.926 bits per heavy atom. The third kappa shape index (κ3) is 3.65. The number of benzene rings is 2. The zero-order valence-electron chi connectivity index (χ0n) is 16.8. The van der Waals surface area contributed by atoms with Crippen molar-refractivity contribution in [2.75, 3.05) is 0 Å². The largest absolute Gasteiger partial charge is 0.289 e. The van der Waals surface area contributed by atoms with Gasteiger partial charge < -0.3 is 0 Å². The summed E-state index contributed by atoms with van der Waals surface area (Å²) in [4.78, 5) is 13.2. The van der Waals surface area contributed by atoms with Gasteiger partial charge in [-0.25, -0.2) is 0 Å². The third-order valence-electron chi connectivity index (χ3n) is 6.24. The molecule has 1 saturated carbocycles. The van der Waals surface area contributed by atoms with Crippen LogP contribution in [0.4, 0.5) is 0 Å². The minimum Gasteiger partial charge on any atom is -0.289 e. The van der Waals surface area contributed by atoms with Crippen LogP contribution < -0.4 is 0 Å². The van der Waals surface area contributed by atoms with Gasteiger partial charge in [0.05, 0.1) is 0 Å². The van der Waals surface area contributed by atoms with Gasteiger partial charge in [0.15, 0.2) is 5.78 Å². The van der Waals surface area contributed by atoms with Crippen molar-refractivity contribution < 1.29 is 4.79 Å². The lowest BCUT2D eigenvalue weighted by Crippen LogP contribution is -2.11. The second-order valence-electron chi connectivity index (χ2n) is 9.30. The number of hydrogen-bond donors (Lipinski definition) is 0. The van der Waals surface area contributed by atoms with Crippen LogP contribution in [0, 0.1) is 5.92 Å². The standard InChI is InChI=1S/C26H30O/c1-26(2,3)22-14-12-19(13-15-22)23-11-7-10-20-17-21(25(27)24(20)23)16-18-8-5-4-6-9-18/h7,10-15,17-18H,4-6,8-9,16H2,1-3H3. The molecule has 0 aliphatic heterocycles. The van der Waals surface area contributed by atoms with Crippen LogP contribution in [0.1, 0.15) is 80.8 Å². The summed E-state index contributed by atoms with van der Waals surface area (Å²) in [5.74, 6) is 0.948. The predicted octanol–water partition coefficient (Wildman–Crippen LogP) is 7.20. The van der Waals surface area contributed by atoms with E-state index < -0.39 is 0 Å². The topological polar surface area (TPSA) is 17.1 Å². The highest BCUT2D eigenvalue weighted by atomic mass is 16.1. The molecular weight excluding hydrogens is 328 g/mol. The monoisotopic (exact) mass is 358 g/mol. The van der Waals surface area contributed by atoms with Crippen molar-refractivity contribution in [2.45, 2.75) is 64.7 Å². The van der Waals surface area contributed by atoms with Crippen LogP contribution >= 0.6 is 0 Å². The molecule has 2 aliphatic carbocycles. The lowest BCUT2D eigenvalue weighted by molar-refractivity contribution is 0.103.